The molecule has 21 heavy (non-hydrogen) atoms. The molecule has 2 fully saturated rings. The Balaban J connectivity index is 1.44. The molecule has 0 amide bonds. The molecule has 114 valence electrons. The van der Waals surface area contributed by atoms with E-state index >= 15 is 0 Å². The van der Waals surface area contributed by atoms with Gasteiger partial charge in [0.2, 0.25) is 0 Å². The Bertz CT molecular complexity index is 510. The van der Waals surface area contributed by atoms with Crippen LogP contribution in [0.1, 0.15) is 61.8 Å². The molecule has 2 heterocycles. The topological polar surface area (TPSA) is 15.3 Å². The van der Waals surface area contributed by atoms with Crippen LogP contribution in [0, 0.1) is 0 Å². The molecule has 2 nitrogen and oxygen atoms in total. The normalized spacial score (nSPS) is 30.1. The van der Waals surface area contributed by atoms with Gasteiger partial charge in [0.1, 0.15) is 0 Å². The van der Waals surface area contributed by atoms with Gasteiger partial charge in [0.05, 0.1) is 0 Å². The molecule has 2 saturated heterocycles. The van der Waals surface area contributed by atoms with Crippen molar-refractivity contribution < 1.29 is 0 Å². The quantitative estimate of drug-likeness (QED) is 0.914. The van der Waals surface area contributed by atoms with Crippen LogP contribution in [-0.4, -0.2) is 30.1 Å². The highest BCUT2D eigenvalue weighted by Crippen LogP contribution is 2.30. The molecule has 3 unspecified atom stereocenters. The molecule has 2 aliphatic heterocycles. The maximum atomic E-state index is 3.94. The maximum Gasteiger partial charge on any atom is 0.0295 e. The second-order valence-electron chi connectivity index (χ2n) is 7.26. The van der Waals surface area contributed by atoms with Crippen LogP contribution in [0.2, 0.25) is 0 Å². The van der Waals surface area contributed by atoms with Gasteiger partial charge >= 0.3 is 0 Å². The van der Waals surface area contributed by atoms with Crippen molar-refractivity contribution in [2.75, 3.05) is 13.1 Å². The van der Waals surface area contributed by atoms with Gasteiger partial charge in [-0.3, -0.25) is 4.90 Å². The van der Waals surface area contributed by atoms with E-state index in [1.165, 1.54) is 63.6 Å². The van der Waals surface area contributed by atoms with Crippen LogP contribution in [0.25, 0.3) is 0 Å². The predicted molar refractivity (Wildman–Crippen MR) is 87.6 cm³/mol. The molecule has 0 bridgehead atoms. The Morgan fingerprint density at radius 1 is 1.05 bits per heavy atom. The largest absolute Gasteiger partial charge is 0.306 e. The van der Waals surface area contributed by atoms with E-state index in [0.717, 1.165) is 6.04 Å². The van der Waals surface area contributed by atoms with Gasteiger partial charge in [-0.05, 0) is 68.7 Å². The SMILES string of the molecule is CC(NC1CCN2CCCCC12)c1ccc2c(c1)CCC2. The first-order chi connectivity index (χ1) is 10.3. The van der Waals surface area contributed by atoms with E-state index in [2.05, 4.69) is 35.3 Å². The van der Waals surface area contributed by atoms with Gasteiger partial charge in [-0.2, -0.15) is 0 Å². The van der Waals surface area contributed by atoms with E-state index in [1.807, 2.05) is 0 Å². The molecule has 1 N–H and O–H groups in total. The number of fused-ring (bicyclic) bond motifs is 2. The zero-order valence-corrected chi connectivity index (χ0v) is 13.3. The van der Waals surface area contributed by atoms with Crippen molar-refractivity contribution in [2.24, 2.45) is 0 Å². The number of rotatable bonds is 3. The maximum absolute atomic E-state index is 3.94. The molecule has 2 heteroatoms. The van der Waals surface area contributed by atoms with Crippen molar-refractivity contribution >= 4 is 0 Å². The summed E-state index contributed by atoms with van der Waals surface area (Å²) in [6.45, 7) is 4.98. The van der Waals surface area contributed by atoms with Crippen molar-refractivity contribution in [1.29, 1.82) is 0 Å². The summed E-state index contributed by atoms with van der Waals surface area (Å²) in [6.07, 6.45) is 9.48. The fourth-order valence-electron chi connectivity index (χ4n) is 4.72. The zero-order valence-electron chi connectivity index (χ0n) is 13.3. The van der Waals surface area contributed by atoms with E-state index in [0.29, 0.717) is 12.1 Å². The summed E-state index contributed by atoms with van der Waals surface area (Å²) in [7, 11) is 0. The highest BCUT2D eigenvalue weighted by molar-refractivity contribution is 5.36. The summed E-state index contributed by atoms with van der Waals surface area (Å²) < 4.78 is 0. The molecule has 4 rings (SSSR count). The third kappa shape index (κ3) is 2.64. The van der Waals surface area contributed by atoms with Crippen molar-refractivity contribution in [3.63, 3.8) is 0 Å². The van der Waals surface area contributed by atoms with Gasteiger partial charge in [-0.1, -0.05) is 24.6 Å². The minimum absolute atomic E-state index is 0.489. The van der Waals surface area contributed by atoms with Crippen LogP contribution in [0.5, 0.6) is 0 Å². The third-order valence-corrected chi connectivity index (χ3v) is 5.94. The number of hydrogen-bond acceptors (Lipinski definition) is 2. The van der Waals surface area contributed by atoms with Crippen LogP contribution in [-0.2, 0) is 12.8 Å². The molecule has 0 spiro atoms. The minimum atomic E-state index is 0.489. The van der Waals surface area contributed by atoms with Crippen LogP contribution in [0.15, 0.2) is 18.2 Å². The average molecular weight is 284 g/mol. The second kappa shape index (κ2) is 5.73. The Hall–Kier alpha value is -0.860. The van der Waals surface area contributed by atoms with Crippen LogP contribution in [0.3, 0.4) is 0 Å². The Labute approximate surface area is 128 Å². The average Bonchev–Trinajstić information content (AvgIpc) is 3.13. The fourth-order valence-corrected chi connectivity index (χ4v) is 4.72. The lowest BCUT2D eigenvalue weighted by Crippen LogP contribution is -2.45. The summed E-state index contributed by atoms with van der Waals surface area (Å²) in [5.74, 6) is 0. The fraction of sp³-hybridized carbons (Fsp3) is 0.684. The zero-order chi connectivity index (χ0) is 14.2. The molecule has 3 atom stereocenters. The summed E-state index contributed by atoms with van der Waals surface area (Å²) in [6, 6.07) is 9.19. The number of nitrogens with one attached hydrogen (secondary N) is 1. The highest BCUT2D eigenvalue weighted by atomic mass is 15.2. The van der Waals surface area contributed by atoms with Gasteiger partial charge in [0.15, 0.2) is 0 Å². The highest BCUT2D eigenvalue weighted by Gasteiger charge is 2.35. The Morgan fingerprint density at radius 2 is 1.95 bits per heavy atom. The molecular weight excluding hydrogens is 256 g/mol. The lowest BCUT2D eigenvalue weighted by Gasteiger charge is -2.34. The van der Waals surface area contributed by atoms with Gasteiger partial charge in [0, 0.05) is 24.7 Å². The van der Waals surface area contributed by atoms with E-state index in [4.69, 9.17) is 0 Å². The van der Waals surface area contributed by atoms with Crippen LogP contribution in [0.4, 0.5) is 0 Å². The standard InChI is InChI=1S/C19H28N2/c1-14(16-9-8-15-5-4-6-17(15)13-16)20-18-10-12-21-11-3-2-7-19(18)21/h8-9,13-14,18-20H,2-7,10-12H2,1H3. The molecule has 0 saturated carbocycles. The van der Waals surface area contributed by atoms with Crippen molar-refractivity contribution in [1.82, 2.24) is 10.2 Å². The molecule has 0 aromatic heterocycles. The summed E-state index contributed by atoms with van der Waals surface area (Å²) >= 11 is 0. The third-order valence-electron chi connectivity index (χ3n) is 5.94. The van der Waals surface area contributed by atoms with Gasteiger partial charge in [0.25, 0.3) is 0 Å². The number of aryl methyl sites for hydroxylation is 2. The number of nitrogens with zero attached hydrogens (tertiary/aromatic N) is 1. The van der Waals surface area contributed by atoms with E-state index < -0.39 is 0 Å². The van der Waals surface area contributed by atoms with Crippen LogP contribution < -0.4 is 5.32 Å². The molecule has 0 radical (unpaired) electrons. The van der Waals surface area contributed by atoms with Crippen LogP contribution >= 0.6 is 0 Å². The van der Waals surface area contributed by atoms with Gasteiger partial charge in [-0.15, -0.1) is 0 Å². The van der Waals surface area contributed by atoms with E-state index in [9.17, 15) is 0 Å². The first-order valence-electron chi connectivity index (χ1n) is 8.93. The summed E-state index contributed by atoms with van der Waals surface area (Å²) in [5, 5.41) is 3.94. The van der Waals surface area contributed by atoms with E-state index in [1.54, 1.807) is 11.1 Å². The number of benzene rings is 1. The molecule has 1 aromatic rings. The molecule has 3 aliphatic rings. The first kappa shape index (κ1) is 13.8. The lowest BCUT2D eigenvalue weighted by molar-refractivity contribution is 0.177. The lowest BCUT2D eigenvalue weighted by atomic mass is 9.96. The molecule has 1 aromatic carbocycles. The van der Waals surface area contributed by atoms with Gasteiger partial charge < -0.3 is 5.32 Å². The first-order valence-corrected chi connectivity index (χ1v) is 8.93. The molecule has 1 aliphatic carbocycles. The predicted octanol–water partition coefficient (Wildman–Crippen LogP) is 3.45. The second-order valence-corrected chi connectivity index (χ2v) is 7.26. The Morgan fingerprint density at radius 3 is 2.90 bits per heavy atom. The van der Waals surface area contributed by atoms with Gasteiger partial charge in [-0.25, -0.2) is 0 Å². The van der Waals surface area contributed by atoms with Crippen molar-refractivity contribution in [2.45, 2.75) is 70.0 Å². The summed E-state index contributed by atoms with van der Waals surface area (Å²) in [4.78, 5) is 2.72. The smallest absolute Gasteiger partial charge is 0.0295 e. The van der Waals surface area contributed by atoms with Crippen molar-refractivity contribution in [3.05, 3.63) is 34.9 Å². The molecular formula is C19H28N2. The number of hydrogen-bond donors (Lipinski definition) is 1. The monoisotopic (exact) mass is 284 g/mol. The summed E-state index contributed by atoms with van der Waals surface area (Å²) in [5.41, 5.74) is 4.68. The van der Waals surface area contributed by atoms with Crippen molar-refractivity contribution in [3.8, 4) is 0 Å². The minimum Gasteiger partial charge on any atom is -0.306 e. The Kier molecular flexibility index (Phi) is 3.76. The van der Waals surface area contributed by atoms with E-state index in [-0.39, 0.29) is 0 Å². The number of piperidine rings is 1.